The maximum absolute atomic E-state index is 11.6. The van der Waals surface area contributed by atoms with Crippen molar-refractivity contribution in [3.63, 3.8) is 0 Å². The molecule has 0 spiro atoms. The van der Waals surface area contributed by atoms with E-state index in [-0.39, 0.29) is 33.5 Å². The number of rotatable bonds is 7. The summed E-state index contributed by atoms with van der Waals surface area (Å²) in [6.07, 6.45) is 0. The molecule has 10 heteroatoms. The summed E-state index contributed by atoms with van der Waals surface area (Å²) in [6.45, 7) is -0.147. The van der Waals surface area contributed by atoms with E-state index in [0.717, 1.165) is 117 Å². The van der Waals surface area contributed by atoms with Gasteiger partial charge in [-0.25, -0.2) is 4.98 Å². The van der Waals surface area contributed by atoms with Crippen molar-refractivity contribution >= 4 is 67.1 Å². The van der Waals surface area contributed by atoms with Gasteiger partial charge in [0.1, 0.15) is 40.2 Å². The largest absolute Gasteiger partial charge is 0.507 e. The molecule has 0 saturated carbocycles. The Balaban J connectivity index is 0.00000529. The Morgan fingerprint density at radius 1 is 0.449 bits per heavy atom. The number of aromatic hydroxyl groups is 1. The molecule has 0 bridgehead atoms. The van der Waals surface area contributed by atoms with Crippen LogP contribution in [0.1, 0.15) is 0 Å². The smallest absolute Gasteiger partial charge is 0.260 e. The Labute approximate surface area is 462 Å². The van der Waals surface area contributed by atoms with E-state index in [9.17, 15) is 5.11 Å². The maximum Gasteiger partial charge on any atom is 0.260 e. The fourth-order valence-corrected chi connectivity index (χ4v) is 11.9. The minimum absolute atomic E-state index is 0. The van der Waals surface area contributed by atoms with Crippen LogP contribution in [0.25, 0.3) is 112 Å². The van der Waals surface area contributed by atoms with Crippen LogP contribution in [-0.4, -0.2) is 30.9 Å². The monoisotopic (exact) mass is 1180 g/mol. The number of furan rings is 1. The van der Waals surface area contributed by atoms with Crippen molar-refractivity contribution in [2.75, 3.05) is 0 Å². The predicted molar refractivity (Wildman–Crippen MR) is 308 cm³/mol. The number of nitrogens with zero attached hydrogens (tertiary/aromatic N) is 4. The molecule has 0 amide bonds. The molecule has 11 aromatic carbocycles. The molecule has 78 heavy (non-hydrogen) atoms. The molecule has 0 aliphatic carbocycles. The van der Waals surface area contributed by atoms with Crippen molar-refractivity contribution in [3.8, 4) is 96.3 Å². The first-order valence-corrected chi connectivity index (χ1v) is 25.7. The van der Waals surface area contributed by atoms with Gasteiger partial charge in [-0.3, -0.25) is 9.55 Å². The average Bonchev–Trinajstić information content (AvgIpc) is 4.37. The summed E-state index contributed by atoms with van der Waals surface area (Å²) >= 11 is 0. The van der Waals surface area contributed by atoms with Crippen molar-refractivity contribution in [1.82, 2.24) is 19.1 Å². The second kappa shape index (κ2) is 18.0. The SMILES string of the molecule is Oc1ccccc1-c1nc2c(-c3[c-]c(-c4nc5ccccc5n4-c4ccccc4-c4ccccc4)c4oc5cc6c(cc5c4c3)Oc3cccc4c3B6c3ccccc3O4)cccc2n1-c1ccccc1-c1ccccc1.[Pt]. The molecule has 0 saturated heterocycles. The van der Waals surface area contributed by atoms with E-state index >= 15 is 0 Å². The third-order valence-electron chi connectivity index (χ3n) is 15.3. The molecule has 3 aromatic heterocycles. The summed E-state index contributed by atoms with van der Waals surface area (Å²) in [6, 6.07) is 84.4. The van der Waals surface area contributed by atoms with Crippen molar-refractivity contribution < 1.29 is 40.1 Å². The topological polar surface area (TPSA) is 87.5 Å². The van der Waals surface area contributed by atoms with Crippen molar-refractivity contribution in [3.05, 3.63) is 243 Å². The number of hydrogen-bond donors (Lipinski definition) is 1. The second-order valence-electron chi connectivity index (χ2n) is 19.6. The molecule has 8 nitrogen and oxygen atoms in total. The number of ether oxygens (including phenoxy) is 2. The predicted octanol–water partition coefficient (Wildman–Crippen LogP) is 14.8. The molecule has 0 fully saturated rings. The Bertz CT molecular complexity index is 4740. The van der Waals surface area contributed by atoms with Gasteiger partial charge in [0.25, 0.3) is 6.71 Å². The van der Waals surface area contributed by atoms with Crippen LogP contribution in [0.3, 0.4) is 0 Å². The molecule has 2 aliphatic rings. The van der Waals surface area contributed by atoms with Crippen LogP contribution < -0.4 is 25.9 Å². The summed E-state index contributed by atoms with van der Waals surface area (Å²) in [5, 5.41) is 13.3. The number of para-hydroxylation sites is 7. The van der Waals surface area contributed by atoms with Crippen LogP contribution in [0.4, 0.5) is 0 Å². The van der Waals surface area contributed by atoms with E-state index in [2.05, 4.69) is 173 Å². The van der Waals surface area contributed by atoms with E-state index in [4.69, 9.17) is 23.9 Å². The minimum atomic E-state index is -0.147. The van der Waals surface area contributed by atoms with Gasteiger partial charge in [0.05, 0.1) is 44.7 Å². The van der Waals surface area contributed by atoms with Crippen molar-refractivity contribution in [2.45, 2.75) is 0 Å². The Hall–Kier alpha value is -9.69. The van der Waals surface area contributed by atoms with E-state index in [1.807, 2.05) is 72.8 Å². The molecular weight excluding hydrogens is 1140 g/mol. The molecule has 0 atom stereocenters. The van der Waals surface area contributed by atoms with E-state index < -0.39 is 0 Å². The molecule has 370 valence electrons. The summed E-state index contributed by atoms with van der Waals surface area (Å²) in [5.41, 5.74) is 16.8. The fraction of sp³-hybridized carbons (Fsp3) is 0. The van der Waals surface area contributed by atoms with Crippen LogP contribution in [0.5, 0.6) is 28.7 Å². The standard InChI is InChI=1S/C68H40BN4O4.Pt/c74-58-33-15-9-25-47(58)67-71-65-46(26-17-32-57(65)73(67)55-30-13-8-24-45(55)42-21-5-2-6-22-42)43-37-49-48-39-63-52(69-51-27-10-16-34-59(51)75-60-35-18-36-61(76-63)64(60)69)40-62(48)77-66(49)50(38-43)68-70-53-28-11-14-31-56(53)72(68)54-29-12-7-23-44(54)41-19-3-1-4-20-41;/h1-37,39-40,74H;/q-1;. The third kappa shape index (κ3) is 6.98. The Kier molecular flexibility index (Phi) is 10.5. The third-order valence-corrected chi connectivity index (χ3v) is 15.3. The Morgan fingerprint density at radius 2 is 1.03 bits per heavy atom. The average molecular weight is 1180 g/mol. The number of imidazole rings is 2. The summed E-state index contributed by atoms with van der Waals surface area (Å²) in [5.74, 6) is 4.51. The van der Waals surface area contributed by atoms with Crippen LogP contribution in [0.2, 0.25) is 0 Å². The van der Waals surface area contributed by atoms with Gasteiger partial charge < -0.3 is 23.6 Å². The number of hydrogen-bond acceptors (Lipinski definition) is 6. The van der Waals surface area contributed by atoms with Gasteiger partial charge in [0, 0.05) is 48.7 Å². The zero-order valence-electron chi connectivity index (χ0n) is 41.4. The molecule has 2 aliphatic heterocycles. The van der Waals surface area contributed by atoms with Gasteiger partial charge in [-0.1, -0.05) is 163 Å². The first kappa shape index (κ1) is 45.7. The molecule has 14 aromatic rings. The van der Waals surface area contributed by atoms with E-state index in [1.165, 1.54) is 0 Å². The Morgan fingerprint density at radius 3 is 1.77 bits per heavy atom. The van der Waals surface area contributed by atoms with Gasteiger partial charge in [-0.15, -0.1) is 17.7 Å². The van der Waals surface area contributed by atoms with Crippen molar-refractivity contribution in [1.29, 1.82) is 0 Å². The first-order chi connectivity index (χ1) is 38.1. The second-order valence-corrected chi connectivity index (χ2v) is 19.6. The summed E-state index contributed by atoms with van der Waals surface area (Å²) < 4.78 is 25.1. The summed E-state index contributed by atoms with van der Waals surface area (Å²) in [7, 11) is 0. The van der Waals surface area contributed by atoms with E-state index in [1.54, 1.807) is 6.07 Å². The van der Waals surface area contributed by atoms with Crippen LogP contribution >= 0.6 is 0 Å². The molecule has 0 radical (unpaired) electrons. The molecule has 1 N–H and O–H groups in total. The molecule has 16 rings (SSSR count). The fourth-order valence-electron chi connectivity index (χ4n) is 11.9. The number of phenols is 1. The van der Waals surface area contributed by atoms with Crippen LogP contribution in [-0.2, 0) is 21.1 Å². The van der Waals surface area contributed by atoms with Gasteiger partial charge >= 0.3 is 0 Å². The number of benzene rings is 11. The van der Waals surface area contributed by atoms with Gasteiger partial charge in [-0.2, -0.15) is 0 Å². The quantitative estimate of drug-likeness (QED) is 0.126. The maximum atomic E-state index is 11.6. The first-order valence-electron chi connectivity index (χ1n) is 25.7. The van der Waals surface area contributed by atoms with Crippen LogP contribution in [0, 0.1) is 6.07 Å². The number of phenolic OH excluding ortho intramolecular Hbond substituents is 1. The normalized spacial score (nSPS) is 12.2. The number of aromatic nitrogens is 4. The molecular formula is C68H40BN4O4Pt-. The van der Waals surface area contributed by atoms with Crippen LogP contribution in [0.15, 0.2) is 241 Å². The number of fused-ring (bicyclic) bond motifs is 9. The van der Waals surface area contributed by atoms with Gasteiger partial charge in [0.2, 0.25) is 0 Å². The molecule has 0 unspecified atom stereocenters. The van der Waals surface area contributed by atoms with E-state index in [0.29, 0.717) is 33.9 Å². The molecule has 5 heterocycles. The zero-order valence-corrected chi connectivity index (χ0v) is 43.6. The van der Waals surface area contributed by atoms with Gasteiger partial charge in [-0.05, 0) is 106 Å². The van der Waals surface area contributed by atoms with Crippen molar-refractivity contribution in [2.24, 2.45) is 0 Å². The zero-order chi connectivity index (χ0) is 50.7. The van der Waals surface area contributed by atoms with Gasteiger partial charge in [0.15, 0.2) is 0 Å². The summed E-state index contributed by atoms with van der Waals surface area (Å²) in [4.78, 5) is 11.1. The minimum Gasteiger partial charge on any atom is -0.507 e.